The Kier molecular flexibility index (Phi) is 3.10. The highest BCUT2D eigenvalue weighted by atomic mass is 16.3. The number of aliphatic hydroxyl groups is 1. The fourth-order valence-electron chi connectivity index (χ4n) is 1.80. The van der Waals surface area contributed by atoms with Crippen molar-refractivity contribution < 1.29 is 9.90 Å². The van der Waals surface area contributed by atoms with Gasteiger partial charge in [-0.1, -0.05) is 0 Å². The summed E-state index contributed by atoms with van der Waals surface area (Å²) in [6, 6.07) is 5.44. The van der Waals surface area contributed by atoms with Crippen LogP contribution in [0.3, 0.4) is 0 Å². The number of aliphatic hydroxyl groups excluding tert-OH is 1. The molecule has 1 amide bonds. The number of benzene rings is 1. The minimum absolute atomic E-state index is 0.0434. The highest BCUT2D eigenvalue weighted by Gasteiger charge is 2.14. The van der Waals surface area contributed by atoms with Gasteiger partial charge in [0.1, 0.15) is 0 Å². The van der Waals surface area contributed by atoms with E-state index in [-0.39, 0.29) is 18.6 Å². The minimum Gasteiger partial charge on any atom is -0.394 e. The van der Waals surface area contributed by atoms with E-state index in [2.05, 4.69) is 10.6 Å². The van der Waals surface area contributed by atoms with Gasteiger partial charge in [-0.2, -0.15) is 0 Å². The van der Waals surface area contributed by atoms with Gasteiger partial charge in [0.2, 0.25) is 0 Å². The summed E-state index contributed by atoms with van der Waals surface area (Å²) in [6.07, 6.45) is 0.964. The van der Waals surface area contributed by atoms with Crippen LogP contribution in [0.1, 0.15) is 22.8 Å². The molecule has 4 heteroatoms. The van der Waals surface area contributed by atoms with Crippen LogP contribution in [0.25, 0.3) is 0 Å². The number of rotatable bonds is 3. The third-order valence-corrected chi connectivity index (χ3v) is 2.73. The lowest BCUT2D eigenvalue weighted by Crippen LogP contribution is -2.34. The van der Waals surface area contributed by atoms with Crippen LogP contribution in [0.15, 0.2) is 18.2 Å². The van der Waals surface area contributed by atoms with E-state index < -0.39 is 0 Å². The molecule has 1 heterocycles. The van der Waals surface area contributed by atoms with Crippen LogP contribution in [-0.2, 0) is 6.42 Å². The van der Waals surface area contributed by atoms with Crippen LogP contribution in [0, 0.1) is 0 Å². The molecular weight excluding hydrogens is 204 g/mol. The lowest BCUT2D eigenvalue weighted by Gasteiger charge is -2.11. The van der Waals surface area contributed by atoms with Crippen molar-refractivity contribution in [3.05, 3.63) is 29.3 Å². The molecule has 0 aromatic heterocycles. The first kappa shape index (κ1) is 11.0. The van der Waals surface area contributed by atoms with E-state index in [4.69, 9.17) is 5.11 Å². The molecule has 2 rings (SSSR count). The van der Waals surface area contributed by atoms with E-state index in [0.29, 0.717) is 5.56 Å². The van der Waals surface area contributed by atoms with E-state index >= 15 is 0 Å². The number of nitrogens with one attached hydrogen (secondary N) is 2. The summed E-state index contributed by atoms with van der Waals surface area (Å²) in [5.74, 6) is -0.128. The van der Waals surface area contributed by atoms with Crippen LogP contribution in [0.5, 0.6) is 0 Å². The van der Waals surface area contributed by atoms with Crippen molar-refractivity contribution in [2.24, 2.45) is 0 Å². The molecule has 86 valence electrons. The van der Waals surface area contributed by atoms with Crippen molar-refractivity contribution in [2.45, 2.75) is 19.4 Å². The molecule has 1 aromatic carbocycles. The Morgan fingerprint density at radius 2 is 2.44 bits per heavy atom. The molecule has 3 N–H and O–H groups in total. The number of carbonyl (C=O) groups is 1. The Bertz CT molecular complexity index is 404. The Hall–Kier alpha value is -1.55. The zero-order chi connectivity index (χ0) is 11.5. The summed E-state index contributed by atoms with van der Waals surface area (Å²) in [4.78, 5) is 11.8. The summed E-state index contributed by atoms with van der Waals surface area (Å²) in [5.41, 5.74) is 2.96. The predicted molar refractivity (Wildman–Crippen MR) is 62.6 cm³/mol. The number of amides is 1. The highest BCUT2D eigenvalue weighted by Crippen LogP contribution is 2.22. The summed E-state index contributed by atoms with van der Waals surface area (Å²) in [5, 5.41) is 14.8. The summed E-state index contributed by atoms with van der Waals surface area (Å²) < 4.78 is 0. The van der Waals surface area contributed by atoms with Crippen molar-refractivity contribution in [3.8, 4) is 0 Å². The van der Waals surface area contributed by atoms with Gasteiger partial charge in [0.05, 0.1) is 6.61 Å². The van der Waals surface area contributed by atoms with Crippen LogP contribution in [0.2, 0.25) is 0 Å². The van der Waals surface area contributed by atoms with Gasteiger partial charge in [0.25, 0.3) is 5.91 Å². The van der Waals surface area contributed by atoms with Crippen molar-refractivity contribution in [1.82, 2.24) is 5.32 Å². The smallest absolute Gasteiger partial charge is 0.251 e. The lowest BCUT2D eigenvalue weighted by molar-refractivity contribution is 0.0922. The fourth-order valence-corrected chi connectivity index (χ4v) is 1.80. The van der Waals surface area contributed by atoms with Gasteiger partial charge in [-0.05, 0) is 37.1 Å². The second-order valence-electron chi connectivity index (χ2n) is 4.11. The molecule has 0 bridgehead atoms. The number of hydrogen-bond acceptors (Lipinski definition) is 3. The third-order valence-electron chi connectivity index (χ3n) is 2.73. The van der Waals surface area contributed by atoms with E-state index in [9.17, 15) is 4.79 Å². The Labute approximate surface area is 94.7 Å². The quantitative estimate of drug-likeness (QED) is 0.705. The molecule has 0 radical (unpaired) electrons. The molecule has 1 atom stereocenters. The summed E-state index contributed by atoms with van der Waals surface area (Å²) >= 11 is 0. The van der Waals surface area contributed by atoms with Crippen molar-refractivity contribution in [2.75, 3.05) is 18.5 Å². The normalized spacial score (nSPS) is 15.1. The molecule has 1 unspecified atom stereocenters. The summed E-state index contributed by atoms with van der Waals surface area (Å²) in [6.45, 7) is 2.67. The van der Waals surface area contributed by atoms with E-state index in [1.807, 2.05) is 12.1 Å². The van der Waals surface area contributed by atoms with Crippen LogP contribution >= 0.6 is 0 Å². The van der Waals surface area contributed by atoms with Crippen molar-refractivity contribution >= 4 is 11.6 Å². The predicted octanol–water partition coefficient (Wildman–Crippen LogP) is 0.765. The molecule has 0 saturated heterocycles. The van der Waals surface area contributed by atoms with Gasteiger partial charge >= 0.3 is 0 Å². The van der Waals surface area contributed by atoms with Gasteiger partial charge in [-0.25, -0.2) is 0 Å². The molecule has 0 fully saturated rings. The van der Waals surface area contributed by atoms with Crippen LogP contribution in [0.4, 0.5) is 5.69 Å². The Morgan fingerprint density at radius 1 is 1.62 bits per heavy atom. The van der Waals surface area contributed by atoms with Gasteiger partial charge in [-0.3, -0.25) is 4.79 Å². The van der Waals surface area contributed by atoms with Gasteiger partial charge in [0.15, 0.2) is 0 Å². The molecule has 0 saturated carbocycles. The standard InChI is InChI=1S/C12H16N2O2/c1-8(7-15)14-12(16)10-2-3-11-9(6-10)4-5-13-11/h2-3,6,8,13,15H,4-5,7H2,1H3,(H,14,16). The molecule has 0 aliphatic carbocycles. The first-order chi connectivity index (χ1) is 7.70. The highest BCUT2D eigenvalue weighted by molar-refractivity contribution is 5.95. The molecule has 0 spiro atoms. The van der Waals surface area contributed by atoms with E-state index in [0.717, 1.165) is 18.7 Å². The molecule has 1 aromatic rings. The minimum atomic E-state index is -0.209. The topological polar surface area (TPSA) is 61.4 Å². The van der Waals surface area contributed by atoms with E-state index in [1.165, 1.54) is 5.56 Å². The fraction of sp³-hybridized carbons (Fsp3) is 0.417. The number of anilines is 1. The zero-order valence-electron chi connectivity index (χ0n) is 9.29. The monoisotopic (exact) mass is 220 g/mol. The van der Waals surface area contributed by atoms with Crippen LogP contribution < -0.4 is 10.6 Å². The average Bonchev–Trinajstić information content (AvgIpc) is 2.75. The average molecular weight is 220 g/mol. The lowest BCUT2D eigenvalue weighted by atomic mass is 10.1. The van der Waals surface area contributed by atoms with Crippen LogP contribution in [-0.4, -0.2) is 30.2 Å². The zero-order valence-corrected chi connectivity index (χ0v) is 9.29. The maximum Gasteiger partial charge on any atom is 0.251 e. The van der Waals surface area contributed by atoms with Crippen molar-refractivity contribution in [1.29, 1.82) is 0 Å². The number of fused-ring (bicyclic) bond motifs is 1. The Morgan fingerprint density at radius 3 is 3.19 bits per heavy atom. The maximum absolute atomic E-state index is 11.8. The van der Waals surface area contributed by atoms with Gasteiger partial charge in [-0.15, -0.1) is 0 Å². The van der Waals surface area contributed by atoms with Crippen molar-refractivity contribution in [3.63, 3.8) is 0 Å². The largest absolute Gasteiger partial charge is 0.394 e. The molecule has 4 nitrogen and oxygen atoms in total. The molecule has 1 aliphatic heterocycles. The second-order valence-corrected chi connectivity index (χ2v) is 4.11. The first-order valence-corrected chi connectivity index (χ1v) is 5.49. The molecule has 1 aliphatic rings. The van der Waals surface area contributed by atoms with Gasteiger partial charge in [0, 0.05) is 23.8 Å². The maximum atomic E-state index is 11.8. The molecule has 16 heavy (non-hydrogen) atoms. The van der Waals surface area contributed by atoms with Gasteiger partial charge < -0.3 is 15.7 Å². The SMILES string of the molecule is CC(CO)NC(=O)c1ccc2c(c1)CCN2. The third kappa shape index (κ3) is 2.17. The number of hydrogen-bond donors (Lipinski definition) is 3. The Balaban J connectivity index is 2.12. The molecular formula is C12H16N2O2. The summed E-state index contributed by atoms with van der Waals surface area (Å²) in [7, 11) is 0. The first-order valence-electron chi connectivity index (χ1n) is 5.49. The second kappa shape index (κ2) is 4.53. The number of carbonyl (C=O) groups excluding carboxylic acids is 1. The van der Waals surface area contributed by atoms with E-state index in [1.54, 1.807) is 13.0 Å².